The molecule has 0 aliphatic carbocycles. The van der Waals surface area contributed by atoms with Crippen LogP contribution in [-0.4, -0.2) is 16.1 Å². The highest BCUT2D eigenvalue weighted by Crippen LogP contribution is 2.09. The van der Waals surface area contributed by atoms with Gasteiger partial charge in [0.25, 0.3) is 0 Å². The number of carboxylic acids is 1. The molecule has 1 aromatic rings. The van der Waals surface area contributed by atoms with Crippen LogP contribution >= 0.6 is 11.6 Å². The number of hydrogen-bond donors (Lipinski definition) is 2. The quantitative estimate of drug-likeness (QED) is 0.684. The Bertz CT molecular complexity index is 244. The summed E-state index contributed by atoms with van der Waals surface area (Å²) in [6.07, 6.45) is 1.55. The summed E-state index contributed by atoms with van der Waals surface area (Å²) < 4.78 is 0. The SMILES string of the molecule is O=C(O)Cc1cc(Cl)c[nH]1. The summed E-state index contributed by atoms with van der Waals surface area (Å²) in [7, 11) is 0. The number of aromatic amines is 1. The molecule has 0 saturated carbocycles. The minimum Gasteiger partial charge on any atom is -0.481 e. The second-order valence-electron chi connectivity index (χ2n) is 1.91. The fraction of sp³-hybridized carbons (Fsp3) is 0.167. The van der Waals surface area contributed by atoms with Crippen LogP contribution in [0, 0.1) is 0 Å². The predicted molar refractivity (Wildman–Crippen MR) is 37.1 cm³/mol. The Morgan fingerprint density at radius 1 is 1.80 bits per heavy atom. The van der Waals surface area contributed by atoms with Crippen molar-refractivity contribution in [3.63, 3.8) is 0 Å². The van der Waals surface area contributed by atoms with Gasteiger partial charge in [-0.1, -0.05) is 11.6 Å². The maximum Gasteiger partial charge on any atom is 0.309 e. The van der Waals surface area contributed by atoms with Crippen molar-refractivity contribution in [2.75, 3.05) is 0 Å². The van der Waals surface area contributed by atoms with Crippen LogP contribution in [0.1, 0.15) is 5.69 Å². The van der Waals surface area contributed by atoms with Gasteiger partial charge in [0.2, 0.25) is 0 Å². The van der Waals surface area contributed by atoms with Gasteiger partial charge in [-0.25, -0.2) is 0 Å². The van der Waals surface area contributed by atoms with E-state index in [2.05, 4.69) is 4.98 Å². The molecule has 2 N–H and O–H groups in total. The van der Waals surface area contributed by atoms with Gasteiger partial charge >= 0.3 is 5.97 Å². The molecular formula is C6H6ClNO2. The van der Waals surface area contributed by atoms with Gasteiger partial charge in [0.15, 0.2) is 0 Å². The molecule has 0 spiro atoms. The highest BCUT2D eigenvalue weighted by molar-refractivity contribution is 6.30. The van der Waals surface area contributed by atoms with Gasteiger partial charge in [0.05, 0.1) is 11.4 Å². The molecule has 0 unspecified atom stereocenters. The molecule has 3 nitrogen and oxygen atoms in total. The van der Waals surface area contributed by atoms with Crippen LogP contribution in [-0.2, 0) is 11.2 Å². The van der Waals surface area contributed by atoms with Crippen LogP contribution < -0.4 is 0 Å². The lowest BCUT2D eigenvalue weighted by Crippen LogP contribution is -1.99. The number of aliphatic carboxylic acids is 1. The van der Waals surface area contributed by atoms with Crippen molar-refractivity contribution in [1.82, 2.24) is 4.98 Å². The maximum atomic E-state index is 10.1. The van der Waals surface area contributed by atoms with Crippen molar-refractivity contribution >= 4 is 17.6 Å². The third-order valence-electron chi connectivity index (χ3n) is 1.05. The Balaban J connectivity index is 2.67. The number of carbonyl (C=O) groups is 1. The second-order valence-corrected chi connectivity index (χ2v) is 2.35. The van der Waals surface area contributed by atoms with Gasteiger partial charge in [-0.05, 0) is 6.07 Å². The Hall–Kier alpha value is -0.960. The summed E-state index contributed by atoms with van der Waals surface area (Å²) in [6.45, 7) is 0. The zero-order valence-corrected chi connectivity index (χ0v) is 5.85. The molecule has 0 aliphatic heterocycles. The molecule has 0 atom stereocenters. The number of halogens is 1. The second kappa shape index (κ2) is 2.75. The van der Waals surface area contributed by atoms with E-state index in [9.17, 15) is 4.79 Å². The third-order valence-corrected chi connectivity index (χ3v) is 1.27. The first-order valence-electron chi connectivity index (χ1n) is 2.73. The molecule has 1 rings (SSSR count). The van der Waals surface area contributed by atoms with Crippen molar-refractivity contribution in [2.24, 2.45) is 0 Å². The Morgan fingerprint density at radius 3 is 2.90 bits per heavy atom. The van der Waals surface area contributed by atoms with Crippen molar-refractivity contribution in [1.29, 1.82) is 0 Å². The van der Waals surface area contributed by atoms with Gasteiger partial charge in [0.1, 0.15) is 0 Å². The normalized spacial score (nSPS) is 9.70. The molecule has 0 aromatic carbocycles. The summed E-state index contributed by atoms with van der Waals surface area (Å²) in [5.41, 5.74) is 0.623. The van der Waals surface area contributed by atoms with Crippen molar-refractivity contribution in [3.8, 4) is 0 Å². The average molecular weight is 160 g/mol. The van der Waals surface area contributed by atoms with E-state index in [-0.39, 0.29) is 6.42 Å². The molecule has 4 heteroatoms. The zero-order chi connectivity index (χ0) is 7.56. The van der Waals surface area contributed by atoms with E-state index in [1.165, 1.54) is 0 Å². The lowest BCUT2D eigenvalue weighted by atomic mass is 10.3. The van der Waals surface area contributed by atoms with Crippen molar-refractivity contribution < 1.29 is 9.90 Å². The average Bonchev–Trinajstić information content (AvgIpc) is 2.13. The molecule has 0 radical (unpaired) electrons. The van der Waals surface area contributed by atoms with Crippen LogP contribution in [0.15, 0.2) is 12.3 Å². The molecule has 1 aromatic heterocycles. The van der Waals surface area contributed by atoms with E-state index in [1.807, 2.05) is 0 Å². The molecule has 10 heavy (non-hydrogen) atoms. The maximum absolute atomic E-state index is 10.1. The van der Waals surface area contributed by atoms with Gasteiger partial charge in [-0.15, -0.1) is 0 Å². The molecule has 1 heterocycles. The smallest absolute Gasteiger partial charge is 0.309 e. The van der Waals surface area contributed by atoms with Crippen molar-refractivity contribution in [2.45, 2.75) is 6.42 Å². The molecular weight excluding hydrogens is 154 g/mol. The van der Waals surface area contributed by atoms with E-state index in [1.54, 1.807) is 12.3 Å². The Morgan fingerprint density at radius 2 is 2.50 bits per heavy atom. The van der Waals surface area contributed by atoms with Crippen LogP contribution in [0.5, 0.6) is 0 Å². The molecule has 0 bridgehead atoms. The van der Waals surface area contributed by atoms with Gasteiger partial charge in [0, 0.05) is 11.9 Å². The fourth-order valence-electron chi connectivity index (χ4n) is 0.676. The van der Waals surface area contributed by atoms with Gasteiger partial charge in [-0.2, -0.15) is 0 Å². The highest BCUT2D eigenvalue weighted by atomic mass is 35.5. The lowest BCUT2D eigenvalue weighted by molar-refractivity contribution is -0.136. The minimum absolute atomic E-state index is 0.00722. The van der Waals surface area contributed by atoms with Crippen molar-refractivity contribution in [3.05, 3.63) is 23.0 Å². The van der Waals surface area contributed by atoms with E-state index in [0.29, 0.717) is 10.7 Å². The molecule has 0 aliphatic rings. The first kappa shape index (κ1) is 7.15. The standard InChI is InChI=1S/C6H6ClNO2/c7-4-1-5(8-3-4)2-6(9)10/h1,3,8H,2H2,(H,9,10). The van der Waals surface area contributed by atoms with Gasteiger partial charge in [-0.3, -0.25) is 4.79 Å². The van der Waals surface area contributed by atoms with E-state index in [0.717, 1.165) is 0 Å². The Labute approximate surface area is 62.6 Å². The topological polar surface area (TPSA) is 53.1 Å². The predicted octanol–water partition coefficient (Wildman–Crippen LogP) is 1.30. The summed E-state index contributed by atoms with van der Waals surface area (Å²) in [6, 6.07) is 1.59. The first-order valence-corrected chi connectivity index (χ1v) is 3.11. The van der Waals surface area contributed by atoms with E-state index < -0.39 is 5.97 Å². The fourth-order valence-corrected chi connectivity index (χ4v) is 0.863. The molecule has 0 fully saturated rings. The lowest BCUT2D eigenvalue weighted by Gasteiger charge is -1.86. The van der Waals surface area contributed by atoms with Crippen LogP contribution in [0.4, 0.5) is 0 Å². The molecule has 0 amide bonds. The summed E-state index contributed by atoms with van der Waals surface area (Å²) in [5.74, 6) is -0.862. The Kier molecular flexibility index (Phi) is 1.97. The number of carboxylic acid groups (broad SMARTS) is 1. The number of nitrogens with one attached hydrogen (secondary N) is 1. The third kappa shape index (κ3) is 1.77. The molecule has 0 saturated heterocycles. The van der Waals surface area contributed by atoms with Gasteiger partial charge < -0.3 is 10.1 Å². The number of H-pyrrole nitrogens is 1. The van der Waals surface area contributed by atoms with E-state index >= 15 is 0 Å². The van der Waals surface area contributed by atoms with Crippen LogP contribution in [0.2, 0.25) is 5.02 Å². The highest BCUT2D eigenvalue weighted by Gasteiger charge is 2.01. The molecule has 54 valence electrons. The number of aromatic nitrogens is 1. The van der Waals surface area contributed by atoms with Crippen LogP contribution in [0.25, 0.3) is 0 Å². The summed E-state index contributed by atoms with van der Waals surface area (Å²) >= 11 is 5.52. The van der Waals surface area contributed by atoms with E-state index in [4.69, 9.17) is 16.7 Å². The summed E-state index contributed by atoms with van der Waals surface area (Å²) in [5, 5.41) is 8.85. The largest absolute Gasteiger partial charge is 0.481 e. The van der Waals surface area contributed by atoms with Crippen LogP contribution in [0.3, 0.4) is 0 Å². The number of rotatable bonds is 2. The monoisotopic (exact) mass is 159 g/mol. The summed E-state index contributed by atoms with van der Waals surface area (Å²) in [4.78, 5) is 12.8. The first-order chi connectivity index (χ1) is 4.68. The number of hydrogen-bond acceptors (Lipinski definition) is 1. The minimum atomic E-state index is -0.862. The zero-order valence-electron chi connectivity index (χ0n) is 5.10.